The summed E-state index contributed by atoms with van der Waals surface area (Å²) in [5.74, 6) is -1.46. The molecule has 5 rings (SSSR count). The Balaban J connectivity index is 1.42. The number of carbonyl (C=O) groups excluding carboxylic acids is 3. The molecule has 0 aromatic heterocycles. The van der Waals surface area contributed by atoms with Gasteiger partial charge in [-0.2, -0.15) is 0 Å². The molecule has 1 aliphatic rings. The number of nitrogens with one attached hydrogen (secondary N) is 1. The van der Waals surface area contributed by atoms with Crippen molar-refractivity contribution in [3.8, 4) is 5.75 Å². The summed E-state index contributed by atoms with van der Waals surface area (Å²) in [5, 5.41) is 4.42. The van der Waals surface area contributed by atoms with Gasteiger partial charge in [0.15, 0.2) is 0 Å². The second kappa shape index (κ2) is 10.5. The predicted octanol–water partition coefficient (Wildman–Crippen LogP) is 5.95. The number of carbonyl (C=O) groups is 3. The van der Waals surface area contributed by atoms with Gasteiger partial charge < -0.3 is 4.74 Å². The Morgan fingerprint density at radius 2 is 1.66 bits per heavy atom. The molecule has 1 aliphatic heterocycles. The zero-order valence-corrected chi connectivity index (χ0v) is 20.3. The molecular weight excluding hydrogens is 483 g/mol. The summed E-state index contributed by atoms with van der Waals surface area (Å²) in [6.45, 7) is 4.19. The molecule has 0 radical (unpaired) electrons. The number of ether oxygens (including phenoxy) is 1. The quantitative estimate of drug-likeness (QED) is 0.191. The monoisotopic (exact) mass is 506 g/mol. The van der Waals surface area contributed by atoms with Crippen LogP contribution in [0.25, 0.3) is 16.8 Å². The van der Waals surface area contributed by atoms with Crippen LogP contribution in [0.3, 0.4) is 0 Å². The lowest BCUT2D eigenvalue weighted by atomic mass is 10.0. The number of hydrogen-bond acceptors (Lipinski definition) is 4. The number of anilines is 1. The number of hydrogen-bond donors (Lipinski definition) is 1. The van der Waals surface area contributed by atoms with E-state index in [1.54, 1.807) is 18.2 Å². The van der Waals surface area contributed by atoms with Crippen molar-refractivity contribution in [1.29, 1.82) is 0 Å². The highest BCUT2D eigenvalue weighted by atomic mass is 19.1. The molecule has 4 aromatic rings. The second-order valence-electron chi connectivity index (χ2n) is 8.72. The first kappa shape index (κ1) is 24.6. The third-order valence-electron chi connectivity index (χ3n) is 6.21. The summed E-state index contributed by atoms with van der Waals surface area (Å²) in [7, 11) is 0. The highest BCUT2D eigenvalue weighted by Crippen LogP contribution is 2.27. The Bertz CT molecular complexity index is 1600. The summed E-state index contributed by atoms with van der Waals surface area (Å²) in [6.07, 6.45) is 3.66. The molecule has 0 atom stereocenters. The van der Waals surface area contributed by atoms with Gasteiger partial charge >= 0.3 is 6.03 Å². The molecule has 0 saturated carbocycles. The number of urea groups is 1. The Morgan fingerprint density at radius 1 is 0.895 bits per heavy atom. The van der Waals surface area contributed by atoms with E-state index in [2.05, 4.69) is 30.1 Å². The van der Waals surface area contributed by atoms with Crippen molar-refractivity contribution < 1.29 is 23.5 Å². The Labute approximate surface area is 218 Å². The average molecular weight is 507 g/mol. The van der Waals surface area contributed by atoms with Crippen LogP contribution in [0, 0.1) is 5.82 Å². The summed E-state index contributed by atoms with van der Waals surface area (Å²) in [4.78, 5) is 38.8. The molecule has 7 heteroatoms. The Kier molecular flexibility index (Phi) is 6.82. The van der Waals surface area contributed by atoms with Crippen molar-refractivity contribution in [3.63, 3.8) is 0 Å². The lowest BCUT2D eigenvalue weighted by Crippen LogP contribution is -2.54. The van der Waals surface area contributed by atoms with E-state index in [1.165, 1.54) is 18.2 Å². The summed E-state index contributed by atoms with van der Waals surface area (Å²) in [6, 6.07) is 23.5. The van der Waals surface area contributed by atoms with Crippen LogP contribution in [0.5, 0.6) is 5.75 Å². The standard InChI is InChI=1S/C31H23FN2O4/c1-2-6-22-17-20(11-16-28(22)38-19-23-9-5-8-21-7-3-4-10-26(21)23)18-27-29(35)33-31(37)34(30(27)36)25-14-12-24(32)13-15-25/h2-5,7-18H,1,6,19H2,(H,33,35,37)/b27-18+. The maximum Gasteiger partial charge on any atom is 0.335 e. The third kappa shape index (κ3) is 4.95. The molecule has 4 amide bonds. The van der Waals surface area contributed by atoms with E-state index in [0.29, 0.717) is 24.3 Å². The van der Waals surface area contributed by atoms with Crippen LogP contribution in [-0.4, -0.2) is 17.8 Å². The summed E-state index contributed by atoms with van der Waals surface area (Å²) >= 11 is 0. The highest BCUT2D eigenvalue weighted by molar-refractivity contribution is 6.39. The predicted molar refractivity (Wildman–Crippen MR) is 144 cm³/mol. The molecular formula is C31H23FN2O4. The van der Waals surface area contributed by atoms with E-state index < -0.39 is 23.7 Å². The number of allylic oxidation sites excluding steroid dienone is 1. The lowest BCUT2D eigenvalue weighted by molar-refractivity contribution is -0.122. The van der Waals surface area contributed by atoms with Crippen LogP contribution in [0.4, 0.5) is 14.9 Å². The van der Waals surface area contributed by atoms with Gasteiger partial charge in [-0.15, -0.1) is 6.58 Å². The minimum Gasteiger partial charge on any atom is -0.489 e. The number of halogens is 1. The minimum absolute atomic E-state index is 0.150. The molecule has 38 heavy (non-hydrogen) atoms. The van der Waals surface area contributed by atoms with Crippen molar-refractivity contribution in [2.24, 2.45) is 0 Å². The van der Waals surface area contributed by atoms with E-state index >= 15 is 0 Å². The number of barbiturate groups is 1. The Hall–Kier alpha value is -5.04. The van der Waals surface area contributed by atoms with Crippen LogP contribution < -0.4 is 15.0 Å². The van der Waals surface area contributed by atoms with Crippen LogP contribution in [-0.2, 0) is 22.6 Å². The van der Waals surface area contributed by atoms with Gasteiger partial charge in [-0.25, -0.2) is 14.1 Å². The van der Waals surface area contributed by atoms with Crippen molar-refractivity contribution in [3.05, 3.63) is 126 Å². The normalized spacial score (nSPS) is 14.6. The minimum atomic E-state index is -0.895. The van der Waals surface area contributed by atoms with Gasteiger partial charge in [0.1, 0.15) is 23.7 Å². The molecule has 1 N–H and O–H groups in total. The fourth-order valence-corrected chi connectivity index (χ4v) is 4.37. The fraction of sp³-hybridized carbons (Fsp3) is 0.0645. The molecule has 1 fully saturated rings. The molecule has 0 unspecified atom stereocenters. The van der Waals surface area contributed by atoms with E-state index in [-0.39, 0.29) is 11.3 Å². The first-order valence-electron chi connectivity index (χ1n) is 11.9. The first-order chi connectivity index (χ1) is 18.4. The van der Waals surface area contributed by atoms with Gasteiger partial charge in [0.2, 0.25) is 0 Å². The zero-order valence-electron chi connectivity index (χ0n) is 20.3. The number of amides is 4. The van der Waals surface area contributed by atoms with Gasteiger partial charge in [-0.3, -0.25) is 14.9 Å². The molecule has 6 nitrogen and oxygen atoms in total. The van der Waals surface area contributed by atoms with E-state index in [9.17, 15) is 18.8 Å². The van der Waals surface area contributed by atoms with Crippen molar-refractivity contribution in [2.75, 3.05) is 4.90 Å². The number of fused-ring (bicyclic) bond motifs is 1. The van der Waals surface area contributed by atoms with Crippen molar-refractivity contribution in [1.82, 2.24) is 5.32 Å². The van der Waals surface area contributed by atoms with Gasteiger partial charge in [-0.05, 0) is 76.4 Å². The van der Waals surface area contributed by atoms with Crippen LogP contribution >= 0.6 is 0 Å². The molecule has 188 valence electrons. The van der Waals surface area contributed by atoms with Crippen molar-refractivity contribution >= 4 is 40.4 Å². The summed E-state index contributed by atoms with van der Waals surface area (Å²) < 4.78 is 19.5. The zero-order chi connectivity index (χ0) is 26.6. The molecule has 4 aromatic carbocycles. The van der Waals surface area contributed by atoms with E-state index in [1.807, 2.05) is 30.3 Å². The Morgan fingerprint density at radius 3 is 2.45 bits per heavy atom. The van der Waals surface area contributed by atoms with Gasteiger partial charge in [0.05, 0.1) is 5.69 Å². The smallest absolute Gasteiger partial charge is 0.335 e. The topological polar surface area (TPSA) is 75.7 Å². The van der Waals surface area contributed by atoms with Crippen LogP contribution in [0.1, 0.15) is 16.7 Å². The average Bonchev–Trinajstić information content (AvgIpc) is 2.91. The van der Waals surface area contributed by atoms with E-state index in [0.717, 1.165) is 38.9 Å². The SMILES string of the molecule is C=CCc1cc(/C=C2\C(=O)NC(=O)N(c3ccc(F)cc3)C2=O)ccc1OCc1cccc2ccccc12. The van der Waals surface area contributed by atoms with Gasteiger partial charge in [0, 0.05) is 0 Å². The number of nitrogens with zero attached hydrogens (tertiary/aromatic N) is 1. The summed E-state index contributed by atoms with van der Waals surface area (Å²) in [5.41, 5.74) is 2.38. The maximum absolute atomic E-state index is 13.3. The molecule has 1 heterocycles. The van der Waals surface area contributed by atoms with Gasteiger partial charge in [-0.1, -0.05) is 54.6 Å². The molecule has 1 saturated heterocycles. The van der Waals surface area contributed by atoms with Crippen molar-refractivity contribution in [2.45, 2.75) is 13.0 Å². The van der Waals surface area contributed by atoms with Crippen LogP contribution in [0.15, 0.2) is 103 Å². The fourth-order valence-electron chi connectivity index (χ4n) is 4.37. The molecule has 0 aliphatic carbocycles. The lowest BCUT2D eigenvalue weighted by Gasteiger charge is -2.26. The largest absolute Gasteiger partial charge is 0.489 e. The molecule has 0 spiro atoms. The number of imide groups is 2. The van der Waals surface area contributed by atoms with Gasteiger partial charge in [0.25, 0.3) is 11.8 Å². The first-order valence-corrected chi connectivity index (χ1v) is 11.9. The van der Waals surface area contributed by atoms with E-state index in [4.69, 9.17) is 4.74 Å². The maximum atomic E-state index is 13.3. The van der Waals surface area contributed by atoms with Crippen LogP contribution in [0.2, 0.25) is 0 Å². The number of rotatable bonds is 7. The third-order valence-corrected chi connectivity index (χ3v) is 6.21. The second-order valence-corrected chi connectivity index (χ2v) is 8.72. The highest BCUT2D eigenvalue weighted by Gasteiger charge is 2.36. The number of benzene rings is 4. The molecule has 0 bridgehead atoms.